The molecule has 1 amide bonds. The molecule has 0 bridgehead atoms. The summed E-state index contributed by atoms with van der Waals surface area (Å²) in [6, 6.07) is 16.1. The van der Waals surface area contributed by atoms with Crippen molar-refractivity contribution < 1.29 is 13.2 Å². The normalized spacial score (nSPS) is 16.8. The predicted molar refractivity (Wildman–Crippen MR) is 102 cm³/mol. The van der Waals surface area contributed by atoms with E-state index in [2.05, 4.69) is 10.6 Å². The maximum atomic E-state index is 12.8. The van der Waals surface area contributed by atoms with Gasteiger partial charge in [-0.2, -0.15) is 0 Å². The zero-order chi connectivity index (χ0) is 18.6. The molecule has 1 aliphatic heterocycles. The molecule has 0 aromatic heterocycles. The number of sulfone groups is 1. The fourth-order valence-electron chi connectivity index (χ4n) is 3.27. The van der Waals surface area contributed by atoms with Crippen molar-refractivity contribution in [1.82, 2.24) is 10.6 Å². The first-order valence-electron chi connectivity index (χ1n) is 8.81. The third kappa shape index (κ3) is 4.51. The van der Waals surface area contributed by atoms with E-state index < -0.39 is 9.84 Å². The number of hydrogen-bond donors (Lipinski definition) is 2. The van der Waals surface area contributed by atoms with Gasteiger partial charge in [0.25, 0.3) is 0 Å². The fraction of sp³-hybridized carbons (Fsp3) is 0.350. The van der Waals surface area contributed by atoms with Crippen LogP contribution < -0.4 is 10.6 Å². The molecule has 0 aliphatic carbocycles. The summed E-state index contributed by atoms with van der Waals surface area (Å²) in [6.45, 7) is 1.69. The highest BCUT2D eigenvalue weighted by Crippen LogP contribution is 2.25. The number of benzene rings is 2. The number of amides is 1. The van der Waals surface area contributed by atoms with Crippen molar-refractivity contribution in [3.05, 3.63) is 65.7 Å². The Bertz CT molecular complexity index is 860. The van der Waals surface area contributed by atoms with Crippen LogP contribution in [0.4, 0.5) is 0 Å². The van der Waals surface area contributed by atoms with Crippen LogP contribution in [0, 0.1) is 5.92 Å². The summed E-state index contributed by atoms with van der Waals surface area (Å²) in [5.41, 5.74) is 1.70. The molecule has 3 rings (SSSR count). The SMILES string of the molecule is CS(=O)(=O)c1cccc(C(NC(=O)C2CCNCC2)c2ccccc2)c1. The minimum absolute atomic E-state index is 0.0134. The van der Waals surface area contributed by atoms with Crippen LogP contribution in [0.15, 0.2) is 59.5 Å². The first kappa shape index (κ1) is 18.6. The highest BCUT2D eigenvalue weighted by molar-refractivity contribution is 7.90. The number of hydrogen-bond acceptors (Lipinski definition) is 4. The number of carbonyl (C=O) groups excluding carboxylic acids is 1. The van der Waals surface area contributed by atoms with Crippen molar-refractivity contribution in [3.8, 4) is 0 Å². The van der Waals surface area contributed by atoms with Gasteiger partial charge >= 0.3 is 0 Å². The van der Waals surface area contributed by atoms with Gasteiger partial charge in [-0.15, -0.1) is 0 Å². The maximum absolute atomic E-state index is 12.8. The summed E-state index contributed by atoms with van der Waals surface area (Å²) in [7, 11) is -3.31. The zero-order valence-electron chi connectivity index (χ0n) is 14.8. The minimum Gasteiger partial charge on any atom is -0.345 e. The monoisotopic (exact) mass is 372 g/mol. The third-order valence-electron chi connectivity index (χ3n) is 4.75. The van der Waals surface area contributed by atoms with Crippen molar-refractivity contribution in [3.63, 3.8) is 0 Å². The van der Waals surface area contributed by atoms with Gasteiger partial charge in [0.1, 0.15) is 0 Å². The second-order valence-electron chi connectivity index (χ2n) is 6.72. The summed E-state index contributed by atoms with van der Waals surface area (Å²) >= 11 is 0. The van der Waals surface area contributed by atoms with Gasteiger partial charge in [0, 0.05) is 12.2 Å². The van der Waals surface area contributed by atoms with Crippen LogP contribution in [-0.4, -0.2) is 33.7 Å². The van der Waals surface area contributed by atoms with E-state index >= 15 is 0 Å². The third-order valence-corrected chi connectivity index (χ3v) is 5.86. The van der Waals surface area contributed by atoms with Crippen molar-refractivity contribution in [2.24, 2.45) is 5.92 Å². The van der Waals surface area contributed by atoms with E-state index in [-0.39, 0.29) is 22.8 Å². The van der Waals surface area contributed by atoms with Crippen molar-refractivity contribution >= 4 is 15.7 Å². The molecular formula is C20H24N2O3S. The Morgan fingerprint density at radius 2 is 1.69 bits per heavy atom. The number of rotatable bonds is 5. The number of piperidine rings is 1. The molecule has 1 unspecified atom stereocenters. The predicted octanol–water partition coefficient (Wildman–Crippen LogP) is 2.30. The Balaban J connectivity index is 1.93. The molecule has 1 heterocycles. The van der Waals surface area contributed by atoms with Gasteiger partial charge in [-0.25, -0.2) is 8.42 Å². The molecule has 138 valence electrons. The zero-order valence-corrected chi connectivity index (χ0v) is 15.6. The Hall–Kier alpha value is -2.18. The van der Waals surface area contributed by atoms with Gasteiger partial charge in [0.2, 0.25) is 5.91 Å². The quantitative estimate of drug-likeness (QED) is 0.844. The molecule has 0 spiro atoms. The first-order chi connectivity index (χ1) is 12.4. The lowest BCUT2D eigenvalue weighted by atomic mass is 9.94. The molecule has 0 saturated carbocycles. The van der Waals surface area contributed by atoms with Crippen LogP contribution in [0.1, 0.15) is 30.0 Å². The molecule has 1 saturated heterocycles. The standard InChI is InChI=1S/C20H24N2O3S/c1-26(24,25)18-9-5-8-17(14-18)19(15-6-3-2-4-7-15)22-20(23)16-10-12-21-13-11-16/h2-9,14,16,19,21H,10-13H2,1H3,(H,22,23). The van der Waals surface area contributed by atoms with Crippen LogP contribution in [0.3, 0.4) is 0 Å². The number of carbonyl (C=O) groups is 1. The molecule has 1 fully saturated rings. The summed E-state index contributed by atoms with van der Waals surface area (Å²) in [4.78, 5) is 13.0. The molecule has 6 heteroatoms. The van der Waals surface area contributed by atoms with E-state index in [9.17, 15) is 13.2 Å². The molecule has 2 aromatic rings. The van der Waals surface area contributed by atoms with Gasteiger partial charge in [0.05, 0.1) is 10.9 Å². The van der Waals surface area contributed by atoms with Crippen LogP contribution >= 0.6 is 0 Å². The van der Waals surface area contributed by atoms with Crippen molar-refractivity contribution in [2.45, 2.75) is 23.8 Å². The highest BCUT2D eigenvalue weighted by Gasteiger charge is 2.25. The topological polar surface area (TPSA) is 75.3 Å². The summed E-state index contributed by atoms with van der Waals surface area (Å²) in [5.74, 6) is 0.00524. The second kappa shape index (κ2) is 8.01. The average molecular weight is 372 g/mol. The fourth-order valence-corrected chi connectivity index (χ4v) is 3.95. The van der Waals surface area contributed by atoms with E-state index in [0.29, 0.717) is 0 Å². The van der Waals surface area contributed by atoms with Gasteiger partial charge in [-0.1, -0.05) is 42.5 Å². The molecular weight excluding hydrogens is 348 g/mol. The Morgan fingerprint density at radius 1 is 1.04 bits per heavy atom. The molecule has 0 radical (unpaired) electrons. The van der Waals surface area contributed by atoms with E-state index in [1.54, 1.807) is 18.2 Å². The summed E-state index contributed by atoms with van der Waals surface area (Å²) in [5, 5.41) is 6.40. The second-order valence-corrected chi connectivity index (χ2v) is 8.74. The molecule has 2 N–H and O–H groups in total. The lowest BCUT2D eigenvalue weighted by molar-refractivity contribution is -0.126. The van der Waals surface area contributed by atoms with E-state index in [1.807, 2.05) is 36.4 Å². The van der Waals surface area contributed by atoms with Crippen LogP contribution in [0.2, 0.25) is 0 Å². The van der Waals surface area contributed by atoms with Crippen molar-refractivity contribution in [2.75, 3.05) is 19.3 Å². The van der Waals surface area contributed by atoms with Crippen molar-refractivity contribution in [1.29, 1.82) is 0 Å². The molecule has 26 heavy (non-hydrogen) atoms. The van der Waals surface area contributed by atoms with Crippen LogP contribution in [0.25, 0.3) is 0 Å². The molecule has 1 atom stereocenters. The average Bonchev–Trinajstić information content (AvgIpc) is 2.67. The van der Waals surface area contributed by atoms with E-state index in [4.69, 9.17) is 0 Å². The summed E-state index contributed by atoms with van der Waals surface area (Å²) < 4.78 is 23.8. The van der Waals surface area contributed by atoms with Gasteiger partial charge in [-0.05, 0) is 49.2 Å². The Kier molecular flexibility index (Phi) is 5.74. The summed E-state index contributed by atoms with van der Waals surface area (Å²) in [6.07, 6.45) is 2.82. The lowest BCUT2D eigenvalue weighted by Crippen LogP contribution is -2.40. The maximum Gasteiger partial charge on any atom is 0.223 e. The number of nitrogens with one attached hydrogen (secondary N) is 2. The van der Waals surface area contributed by atoms with Gasteiger partial charge in [-0.3, -0.25) is 4.79 Å². The highest BCUT2D eigenvalue weighted by atomic mass is 32.2. The lowest BCUT2D eigenvalue weighted by Gasteiger charge is -2.26. The first-order valence-corrected chi connectivity index (χ1v) is 10.7. The Labute approximate surface area is 154 Å². The molecule has 1 aliphatic rings. The van der Waals surface area contributed by atoms with Gasteiger partial charge in [0.15, 0.2) is 9.84 Å². The smallest absolute Gasteiger partial charge is 0.223 e. The van der Waals surface area contributed by atoms with Gasteiger partial charge < -0.3 is 10.6 Å². The Morgan fingerprint density at radius 3 is 2.35 bits per heavy atom. The van der Waals surface area contributed by atoms with E-state index in [0.717, 1.165) is 37.1 Å². The minimum atomic E-state index is -3.31. The van der Waals surface area contributed by atoms with E-state index in [1.165, 1.54) is 6.26 Å². The van der Waals surface area contributed by atoms with Crippen LogP contribution in [0.5, 0.6) is 0 Å². The largest absolute Gasteiger partial charge is 0.345 e. The molecule has 2 aromatic carbocycles. The van der Waals surface area contributed by atoms with Crippen LogP contribution in [-0.2, 0) is 14.6 Å². The molecule has 5 nitrogen and oxygen atoms in total.